The Morgan fingerprint density at radius 1 is 1.14 bits per heavy atom. The van der Waals surface area contributed by atoms with Gasteiger partial charge in [-0.3, -0.25) is 0 Å². The molecule has 5 aliphatic rings. The van der Waals surface area contributed by atoms with Crippen LogP contribution in [0.1, 0.15) is 72.6 Å². The minimum atomic E-state index is -0.112. The van der Waals surface area contributed by atoms with Crippen LogP contribution in [0.5, 0.6) is 0 Å². The molecule has 0 unspecified atom stereocenters. The number of hydrogen-bond acceptors (Lipinski definition) is 5. The molecule has 0 radical (unpaired) electrons. The summed E-state index contributed by atoms with van der Waals surface area (Å²) in [7, 11) is 0. The first kappa shape index (κ1) is 19.3. The lowest BCUT2D eigenvalue weighted by Crippen LogP contribution is -2.64. The molecule has 4 saturated carbocycles. The Kier molecular flexibility index (Phi) is 4.11. The van der Waals surface area contributed by atoms with E-state index in [0.29, 0.717) is 37.0 Å². The molecule has 1 spiro atoms. The molecule has 0 amide bonds. The number of rotatable bonds is 3. The largest absolute Gasteiger partial charge is 0.394 e. The summed E-state index contributed by atoms with van der Waals surface area (Å²) < 4.78 is 6.70. The summed E-state index contributed by atoms with van der Waals surface area (Å²) >= 11 is 0. The highest BCUT2D eigenvalue weighted by Crippen LogP contribution is 2.76. The molecule has 4 aliphatic carbocycles. The normalized spacial score (nSPS) is 55.1. The topological polar surface area (TPSA) is 80.4 Å². The maximum atomic E-state index is 10.7. The van der Waals surface area contributed by atoms with Crippen molar-refractivity contribution >= 4 is 5.71 Å². The number of epoxide rings is 1. The lowest BCUT2D eigenvalue weighted by atomic mass is 9.41. The van der Waals surface area contributed by atoms with Crippen molar-refractivity contribution in [1.82, 2.24) is 0 Å². The van der Waals surface area contributed by atoms with E-state index in [4.69, 9.17) is 15.3 Å². The van der Waals surface area contributed by atoms with Gasteiger partial charge in [0.2, 0.25) is 0 Å². The Labute approximate surface area is 169 Å². The van der Waals surface area contributed by atoms with E-state index in [1.165, 1.54) is 12.8 Å². The highest BCUT2D eigenvalue weighted by atomic mass is 16.6. The van der Waals surface area contributed by atoms with E-state index in [1.54, 1.807) is 0 Å². The van der Waals surface area contributed by atoms with Crippen LogP contribution in [0.4, 0.5) is 0 Å². The lowest BCUT2D eigenvalue weighted by Gasteiger charge is -2.61. The molecule has 158 valence electrons. The van der Waals surface area contributed by atoms with Crippen LogP contribution < -0.4 is 5.73 Å². The van der Waals surface area contributed by atoms with Crippen LogP contribution in [-0.2, 0) is 9.57 Å². The molecule has 28 heavy (non-hydrogen) atoms. The number of oxime groups is 1. The van der Waals surface area contributed by atoms with E-state index >= 15 is 0 Å². The van der Waals surface area contributed by atoms with Crippen molar-refractivity contribution in [3.63, 3.8) is 0 Å². The van der Waals surface area contributed by atoms with Gasteiger partial charge >= 0.3 is 0 Å². The Morgan fingerprint density at radius 3 is 2.68 bits per heavy atom. The third-order valence-corrected chi connectivity index (χ3v) is 10.2. The number of aliphatic hydroxyl groups is 1. The van der Waals surface area contributed by atoms with Crippen molar-refractivity contribution in [2.45, 2.75) is 90.4 Å². The first-order valence-electron chi connectivity index (χ1n) is 11.5. The molecule has 3 N–H and O–H groups in total. The maximum Gasteiger partial charge on any atom is 0.129 e. The van der Waals surface area contributed by atoms with Gasteiger partial charge in [-0.25, -0.2) is 0 Å². The minimum absolute atomic E-state index is 0.102. The molecule has 5 nitrogen and oxygen atoms in total. The second-order valence-electron chi connectivity index (χ2n) is 11.3. The van der Waals surface area contributed by atoms with E-state index < -0.39 is 0 Å². The van der Waals surface area contributed by atoms with E-state index in [0.717, 1.165) is 37.8 Å². The predicted molar refractivity (Wildman–Crippen MR) is 109 cm³/mol. The van der Waals surface area contributed by atoms with Crippen LogP contribution in [0, 0.1) is 34.0 Å². The molecular formula is C23H38N2O3. The number of ether oxygens (including phenoxy) is 1. The van der Waals surface area contributed by atoms with Crippen molar-refractivity contribution in [2.75, 3.05) is 13.2 Å². The SMILES string of the molecule is CC1(C)/C(=N\OCCN)CC[C@]2(C)[C@H]3CC[C@]4(C)[C@@H](O)CC[C@H]4[C@@H]3C[C@@H]3O[C@]312. The van der Waals surface area contributed by atoms with Crippen molar-refractivity contribution in [1.29, 1.82) is 0 Å². The molecule has 1 heterocycles. The van der Waals surface area contributed by atoms with E-state index in [2.05, 4.69) is 32.9 Å². The van der Waals surface area contributed by atoms with Gasteiger partial charge in [0.25, 0.3) is 0 Å². The van der Waals surface area contributed by atoms with Gasteiger partial charge in [-0.15, -0.1) is 0 Å². The van der Waals surface area contributed by atoms with Gasteiger partial charge in [0.15, 0.2) is 0 Å². The molecule has 0 aromatic rings. The number of nitrogens with two attached hydrogens (primary N) is 1. The minimum Gasteiger partial charge on any atom is -0.394 e. The molecule has 5 heteroatoms. The zero-order valence-corrected chi connectivity index (χ0v) is 18.0. The smallest absolute Gasteiger partial charge is 0.129 e. The van der Waals surface area contributed by atoms with Crippen LogP contribution in [0.3, 0.4) is 0 Å². The molecule has 0 bridgehead atoms. The summed E-state index contributed by atoms with van der Waals surface area (Å²) in [5.41, 5.74) is 6.82. The van der Waals surface area contributed by atoms with E-state index in [1.807, 2.05) is 0 Å². The van der Waals surface area contributed by atoms with Crippen LogP contribution in [-0.4, -0.2) is 41.8 Å². The van der Waals surface area contributed by atoms with Crippen molar-refractivity contribution in [3.05, 3.63) is 0 Å². The summed E-state index contributed by atoms with van der Waals surface area (Å²) in [4.78, 5) is 5.50. The molecule has 0 aromatic heterocycles. The summed E-state index contributed by atoms with van der Waals surface area (Å²) in [6.07, 6.45) is 8.06. The summed E-state index contributed by atoms with van der Waals surface area (Å²) in [6, 6.07) is 0. The highest BCUT2D eigenvalue weighted by molar-refractivity contribution is 5.92. The van der Waals surface area contributed by atoms with Gasteiger partial charge in [-0.1, -0.05) is 32.9 Å². The van der Waals surface area contributed by atoms with Gasteiger partial charge in [0.05, 0.1) is 17.9 Å². The van der Waals surface area contributed by atoms with E-state index in [-0.39, 0.29) is 27.9 Å². The van der Waals surface area contributed by atoms with E-state index in [9.17, 15) is 5.11 Å². The van der Waals surface area contributed by atoms with Crippen LogP contribution in [0.25, 0.3) is 0 Å². The van der Waals surface area contributed by atoms with Gasteiger partial charge in [0.1, 0.15) is 12.2 Å². The molecule has 1 aliphatic heterocycles. The Balaban J connectivity index is 1.48. The second kappa shape index (κ2) is 5.95. The van der Waals surface area contributed by atoms with Gasteiger partial charge in [-0.05, 0) is 68.1 Å². The van der Waals surface area contributed by atoms with Gasteiger partial charge < -0.3 is 20.4 Å². The van der Waals surface area contributed by atoms with Crippen molar-refractivity contribution in [3.8, 4) is 0 Å². The fourth-order valence-corrected chi connectivity index (χ4v) is 8.68. The van der Waals surface area contributed by atoms with Gasteiger partial charge in [0, 0.05) is 17.4 Å². The fraction of sp³-hybridized carbons (Fsp3) is 0.957. The molecular weight excluding hydrogens is 352 g/mol. The van der Waals surface area contributed by atoms with Crippen LogP contribution >= 0.6 is 0 Å². The third-order valence-electron chi connectivity index (χ3n) is 10.2. The van der Waals surface area contributed by atoms with Crippen LogP contribution in [0.2, 0.25) is 0 Å². The Bertz CT molecular complexity index is 693. The zero-order valence-electron chi connectivity index (χ0n) is 18.0. The maximum absolute atomic E-state index is 10.7. The summed E-state index contributed by atoms with van der Waals surface area (Å²) in [6.45, 7) is 10.5. The zero-order chi connectivity index (χ0) is 19.9. The predicted octanol–water partition coefficient (Wildman–Crippen LogP) is 3.49. The van der Waals surface area contributed by atoms with Crippen LogP contribution in [0.15, 0.2) is 5.16 Å². The van der Waals surface area contributed by atoms with Crippen molar-refractivity contribution < 1.29 is 14.7 Å². The lowest BCUT2D eigenvalue weighted by molar-refractivity contribution is -0.118. The monoisotopic (exact) mass is 390 g/mol. The first-order chi connectivity index (χ1) is 13.2. The summed E-state index contributed by atoms with van der Waals surface area (Å²) in [5.74, 6) is 2.05. The molecule has 1 saturated heterocycles. The van der Waals surface area contributed by atoms with Crippen molar-refractivity contribution in [2.24, 2.45) is 44.9 Å². The fourth-order valence-electron chi connectivity index (χ4n) is 8.68. The van der Waals surface area contributed by atoms with Gasteiger partial charge in [-0.2, -0.15) is 0 Å². The molecule has 8 atom stereocenters. The summed E-state index contributed by atoms with van der Waals surface area (Å²) in [5, 5.41) is 15.2. The Hall–Kier alpha value is -0.650. The Morgan fingerprint density at radius 2 is 1.93 bits per heavy atom. The number of nitrogens with zero attached hydrogens (tertiary/aromatic N) is 1. The third kappa shape index (κ3) is 2.11. The first-order valence-corrected chi connectivity index (χ1v) is 11.5. The average Bonchev–Trinajstić information content (AvgIpc) is 3.32. The average molecular weight is 391 g/mol. The second-order valence-corrected chi connectivity index (χ2v) is 11.3. The highest BCUT2D eigenvalue weighted by Gasteiger charge is 2.81. The quantitative estimate of drug-likeness (QED) is 0.439. The number of aliphatic hydroxyl groups excluding tert-OH is 1. The molecule has 0 aromatic carbocycles. The molecule has 5 rings (SSSR count). The number of hydrogen-bond donors (Lipinski definition) is 2. The number of fused-ring (bicyclic) bond motifs is 4. The standard InChI is InChI=1S/C23H38N2O3/c1-20(2)17(25-27-12-11-24)8-10-22(4)16-7-9-21(3)15(5-6-18(21)26)14(16)13-19-23(20,22)28-19/h14-16,18-19,26H,5-13,24H2,1-4H3/b25-17-/t14-,15-,16-,18-,19-,21-,22+,23+/m0/s1. The molecule has 5 fully saturated rings.